The van der Waals surface area contributed by atoms with Crippen LogP contribution in [0.2, 0.25) is 0 Å². The van der Waals surface area contributed by atoms with E-state index >= 15 is 0 Å². The molecule has 2 rings (SSSR count). The van der Waals surface area contributed by atoms with E-state index in [-0.39, 0.29) is 14.9 Å². The van der Waals surface area contributed by atoms with Crippen molar-refractivity contribution >= 4 is 0 Å². The first kappa shape index (κ1) is 20.2. The van der Waals surface area contributed by atoms with Crippen molar-refractivity contribution in [3.8, 4) is 0 Å². The molecule has 4 heteroatoms. The standard InChI is InChI=1S/2C6H13NO.2CH4/c2*1-6-5-7(2)3-4-8-6;;/h2*6H,3-5H2,1-2H3;2*1H4/t6-;;;/m0.../s1. The van der Waals surface area contributed by atoms with Gasteiger partial charge in [-0.05, 0) is 27.9 Å². The Kier molecular flexibility index (Phi) is 12.0. The van der Waals surface area contributed by atoms with Crippen LogP contribution in [-0.4, -0.2) is 75.5 Å². The van der Waals surface area contributed by atoms with E-state index in [0.29, 0.717) is 12.2 Å². The first-order valence-corrected chi connectivity index (χ1v) is 6.18. The molecule has 2 fully saturated rings. The second kappa shape index (κ2) is 10.7. The lowest BCUT2D eigenvalue weighted by Crippen LogP contribution is -2.38. The second-order valence-electron chi connectivity index (χ2n) is 4.89. The van der Waals surface area contributed by atoms with Crippen molar-refractivity contribution in [1.82, 2.24) is 9.80 Å². The predicted octanol–water partition coefficient (Wildman–Crippen LogP) is 1.95. The van der Waals surface area contributed by atoms with Crippen molar-refractivity contribution in [1.29, 1.82) is 0 Å². The van der Waals surface area contributed by atoms with Crippen LogP contribution in [0.1, 0.15) is 28.7 Å². The van der Waals surface area contributed by atoms with Gasteiger partial charge >= 0.3 is 0 Å². The summed E-state index contributed by atoms with van der Waals surface area (Å²) in [5, 5.41) is 0. The number of hydrogen-bond acceptors (Lipinski definition) is 4. The third-order valence-electron chi connectivity index (χ3n) is 2.89. The zero-order chi connectivity index (χ0) is 12.0. The summed E-state index contributed by atoms with van der Waals surface area (Å²) < 4.78 is 10.6. The second-order valence-corrected chi connectivity index (χ2v) is 4.89. The molecule has 2 saturated heterocycles. The lowest BCUT2D eigenvalue weighted by atomic mass is 10.3. The van der Waals surface area contributed by atoms with Gasteiger partial charge in [0.2, 0.25) is 0 Å². The zero-order valence-corrected chi connectivity index (χ0v) is 11.1. The molecular weight excluding hydrogens is 228 g/mol. The Labute approximate surface area is 114 Å². The van der Waals surface area contributed by atoms with E-state index in [1.165, 1.54) is 0 Å². The lowest BCUT2D eigenvalue weighted by Gasteiger charge is -2.27. The molecule has 0 spiro atoms. The highest BCUT2D eigenvalue weighted by molar-refractivity contribution is 4.63. The Morgan fingerprint density at radius 2 is 1.11 bits per heavy atom. The van der Waals surface area contributed by atoms with Gasteiger partial charge < -0.3 is 19.3 Å². The van der Waals surface area contributed by atoms with Crippen LogP contribution in [0.5, 0.6) is 0 Å². The number of hydrogen-bond donors (Lipinski definition) is 0. The molecule has 0 N–H and O–H groups in total. The molecule has 0 aromatic carbocycles. The highest BCUT2D eigenvalue weighted by Crippen LogP contribution is 2.00. The molecule has 112 valence electrons. The molecule has 2 aliphatic heterocycles. The largest absolute Gasteiger partial charge is 0.376 e. The Hall–Kier alpha value is -0.160. The summed E-state index contributed by atoms with van der Waals surface area (Å²) in [7, 11) is 4.25. The van der Waals surface area contributed by atoms with Gasteiger partial charge in [-0.25, -0.2) is 0 Å². The van der Waals surface area contributed by atoms with E-state index in [1.54, 1.807) is 0 Å². The minimum atomic E-state index is 0. The molecule has 0 amide bonds. The molecular formula is C14H34N2O2. The minimum absolute atomic E-state index is 0. The Morgan fingerprint density at radius 3 is 1.28 bits per heavy atom. The smallest absolute Gasteiger partial charge is 0.0674 e. The predicted molar refractivity (Wildman–Crippen MR) is 79.3 cm³/mol. The van der Waals surface area contributed by atoms with Crippen molar-refractivity contribution in [2.24, 2.45) is 0 Å². The monoisotopic (exact) mass is 262 g/mol. The van der Waals surface area contributed by atoms with Crippen LogP contribution in [0, 0.1) is 0 Å². The summed E-state index contributed by atoms with van der Waals surface area (Å²) in [5.41, 5.74) is 0. The minimum Gasteiger partial charge on any atom is -0.376 e. The van der Waals surface area contributed by atoms with Crippen molar-refractivity contribution in [2.75, 3.05) is 53.5 Å². The summed E-state index contributed by atoms with van der Waals surface area (Å²) in [5.74, 6) is 0. The molecule has 2 atom stereocenters. The molecule has 4 nitrogen and oxygen atoms in total. The summed E-state index contributed by atoms with van der Waals surface area (Å²) in [6.45, 7) is 10.4. The van der Waals surface area contributed by atoms with Gasteiger partial charge in [0.1, 0.15) is 0 Å². The van der Waals surface area contributed by atoms with Gasteiger partial charge in [0.25, 0.3) is 0 Å². The van der Waals surface area contributed by atoms with E-state index < -0.39 is 0 Å². The molecule has 0 aliphatic carbocycles. The normalized spacial score (nSPS) is 29.3. The fourth-order valence-electron chi connectivity index (χ4n) is 1.99. The topological polar surface area (TPSA) is 24.9 Å². The zero-order valence-electron chi connectivity index (χ0n) is 11.1. The third-order valence-corrected chi connectivity index (χ3v) is 2.89. The summed E-state index contributed by atoms with van der Waals surface area (Å²) >= 11 is 0. The highest BCUT2D eigenvalue weighted by Gasteiger charge is 2.12. The van der Waals surface area contributed by atoms with E-state index in [2.05, 4.69) is 37.7 Å². The van der Waals surface area contributed by atoms with E-state index in [0.717, 1.165) is 39.4 Å². The Morgan fingerprint density at radius 1 is 0.778 bits per heavy atom. The molecule has 1 unspecified atom stereocenters. The van der Waals surface area contributed by atoms with Gasteiger partial charge in [0, 0.05) is 26.2 Å². The third kappa shape index (κ3) is 8.86. The van der Waals surface area contributed by atoms with Crippen molar-refractivity contribution in [3.63, 3.8) is 0 Å². The first-order valence-electron chi connectivity index (χ1n) is 6.18. The number of morpholine rings is 2. The maximum Gasteiger partial charge on any atom is 0.0674 e. The molecule has 2 aliphatic rings. The number of nitrogens with zero attached hydrogens (tertiary/aromatic N) is 2. The van der Waals surface area contributed by atoms with Crippen LogP contribution in [0.15, 0.2) is 0 Å². The quantitative estimate of drug-likeness (QED) is 0.666. The molecule has 0 radical (unpaired) electrons. The van der Waals surface area contributed by atoms with E-state index in [9.17, 15) is 0 Å². The van der Waals surface area contributed by atoms with E-state index in [1.807, 2.05) is 0 Å². The van der Waals surface area contributed by atoms with Gasteiger partial charge in [-0.2, -0.15) is 0 Å². The number of ether oxygens (including phenoxy) is 2. The molecule has 0 bridgehead atoms. The molecule has 0 aromatic heterocycles. The van der Waals surface area contributed by atoms with Gasteiger partial charge in [-0.1, -0.05) is 14.9 Å². The number of rotatable bonds is 0. The molecule has 0 saturated carbocycles. The Bertz CT molecular complexity index is 155. The van der Waals surface area contributed by atoms with Crippen molar-refractivity contribution in [2.45, 2.75) is 40.9 Å². The first-order chi connectivity index (χ1) is 7.58. The lowest BCUT2D eigenvalue weighted by molar-refractivity contribution is -0.00876. The maximum absolute atomic E-state index is 5.31. The van der Waals surface area contributed by atoms with Crippen LogP contribution in [0.3, 0.4) is 0 Å². The van der Waals surface area contributed by atoms with Gasteiger partial charge in [0.05, 0.1) is 25.4 Å². The van der Waals surface area contributed by atoms with Gasteiger partial charge in [-0.3, -0.25) is 0 Å². The summed E-state index contributed by atoms with van der Waals surface area (Å²) in [6, 6.07) is 0. The average Bonchev–Trinajstić information content (AvgIpc) is 2.17. The molecule has 18 heavy (non-hydrogen) atoms. The van der Waals surface area contributed by atoms with Crippen molar-refractivity contribution < 1.29 is 9.47 Å². The SMILES string of the molecule is C.C.CC1CN(C)CCO1.C[C@H]1CN(C)CCO1. The fraction of sp³-hybridized carbons (Fsp3) is 1.00. The highest BCUT2D eigenvalue weighted by atomic mass is 16.5. The molecule has 0 aromatic rings. The van der Waals surface area contributed by atoms with Gasteiger partial charge in [-0.15, -0.1) is 0 Å². The van der Waals surface area contributed by atoms with Crippen LogP contribution in [0.4, 0.5) is 0 Å². The summed E-state index contributed by atoms with van der Waals surface area (Å²) in [4.78, 5) is 4.57. The van der Waals surface area contributed by atoms with E-state index in [4.69, 9.17) is 9.47 Å². The average molecular weight is 262 g/mol. The van der Waals surface area contributed by atoms with Crippen LogP contribution in [-0.2, 0) is 9.47 Å². The Balaban J connectivity index is 0. The van der Waals surface area contributed by atoms with Crippen LogP contribution < -0.4 is 0 Å². The van der Waals surface area contributed by atoms with Crippen LogP contribution in [0.25, 0.3) is 0 Å². The maximum atomic E-state index is 5.31. The number of likely N-dealkylation sites (N-methyl/N-ethyl adjacent to an activating group) is 2. The molecule has 2 heterocycles. The van der Waals surface area contributed by atoms with Gasteiger partial charge in [0.15, 0.2) is 0 Å². The fourth-order valence-corrected chi connectivity index (χ4v) is 1.99. The summed E-state index contributed by atoms with van der Waals surface area (Å²) in [6.07, 6.45) is 0.877. The van der Waals surface area contributed by atoms with Crippen LogP contribution >= 0.6 is 0 Å². The van der Waals surface area contributed by atoms with Crippen molar-refractivity contribution in [3.05, 3.63) is 0 Å².